The summed E-state index contributed by atoms with van der Waals surface area (Å²) in [5, 5.41) is 13.6. The van der Waals surface area contributed by atoms with Crippen LogP contribution in [0.3, 0.4) is 0 Å². The van der Waals surface area contributed by atoms with Crippen LogP contribution < -0.4 is 15.7 Å². The van der Waals surface area contributed by atoms with Crippen LogP contribution in [-0.4, -0.2) is 22.8 Å². The van der Waals surface area contributed by atoms with Gasteiger partial charge in [0.1, 0.15) is 24.0 Å². The van der Waals surface area contributed by atoms with Gasteiger partial charge >= 0.3 is 0 Å². The van der Waals surface area contributed by atoms with Gasteiger partial charge in [0.25, 0.3) is 5.56 Å². The lowest BCUT2D eigenvalue weighted by Crippen LogP contribution is -2.16. The molecule has 1 aromatic heterocycles. The van der Waals surface area contributed by atoms with Gasteiger partial charge in [0.2, 0.25) is 5.95 Å². The molecule has 0 amide bonds. The molecule has 0 aliphatic rings. The van der Waals surface area contributed by atoms with Gasteiger partial charge in [-0.05, 0) is 23.8 Å². The van der Waals surface area contributed by atoms with Crippen molar-refractivity contribution in [3.8, 4) is 23.1 Å². The average Bonchev–Trinajstić information content (AvgIpc) is 2.88. The highest BCUT2D eigenvalue weighted by Gasteiger charge is 2.12. The largest absolute Gasteiger partial charge is 0.489 e. The van der Waals surface area contributed by atoms with Crippen molar-refractivity contribution in [2.24, 2.45) is 5.10 Å². The zero-order valence-corrected chi connectivity index (χ0v) is 18.2. The van der Waals surface area contributed by atoms with Crippen LogP contribution in [0.1, 0.15) is 16.7 Å². The monoisotopic (exact) mass is 447 g/mol. The van der Waals surface area contributed by atoms with Crippen LogP contribution >= 0.6 is 0 Å². The number of aromatic amines is 1. The summed E-state index contributed by atoms with van der Waals surface area (Å²) in [6, 6.07) is 28.4. The molecule has 0 atom stereocenters. The number of anilines is 1. The molecule has 0 saturated heterocycles. The molecule has 7 heteroatoms. The molecule has 0 bridgehead atoms. The number of para-hydroxylation sites is 1. The maximum atomic E-state index is 12.4. The molecule has 0 fully saturated rings. The molecule has 0 aliphatic carbocycles. The number of nitrogens with one attached hydrogen (secondary N) is 2. The first-order valence-corrected chi connectivity index (χ1v) is 10.6. The number of H-pyrrole nitrogens is 1. The van der Waals surface area contributed by atoms with Crippen molar-refractivity contribution < 1.29 is 4.74 Å². The van der Waals surface area contributed by atoms with Gasteiger partial charge in [-0.15, -0.1) is 0 Å². The molecule has 0 saturated carbocycles. The van der Waals surface area contributed by atoms with Crippen LogP contribution in [0.5, 0.6) is 5.75 Å². The Balaban J connectivity index is 1.47. The fourth-order valence-electron chi connectivity index (χ4n) is 3.20. The van der Waals surface area contributed by atoms with Crippen LogP contribution in [0.25, 0.3) is 17.3 Å². The molecule has 4 rings (SSSR count). The van der Waals surface area contributed by atoms with Crippen molar-refractivity contribution in [3.63, 3.8) is 0 Å². The SMILES string of the molecule is N#Cc1c(-c2ccccc2)nc(NN=Cc2ccccc2OCC=Cc2ccccc2)[nH]c1=O. The van der Waals surface area contributed by atoms with Crippen molar-refractivity contribution in [3.05, 3.63) is 118 Å². The van der Waals surface area contributed by atoms with Gasteiger partial charge in [0.15, 0.2) is 0 Å². The van der Waals surface area contributed by atoms with Crippen molar-refractivity contribution in [1.29, 1.82) is 5.26 Å². The van der Waals surface area contributed by atoms with Gasteiger partial charge in [-0.3, -0.25) is 9.78 Å². The predicted molar refractivity (Wildman–Crippen MR) is 134 cm³/mol. The molecule has 166 valence electrons. The Hall–Kier alpha value is -4.96. The minimum atomic E-state index is -0.539. The Bertz CT molecular complexity index is 1400. The Morgan fingerprint density at radius 2 is 1.71 bits per heavy atom. The molecule has 34 heavy (non-hydrogen) atoms. The van der Waals surface area contributed by atoms with E-state index in [1.54, 1.807) is 18.3 Å². The molecule has 3 aromatic carbocycles. The van der Waals surface area contributed by atoms with Crippen LogP contribution in [-0.2, 0) is 0 Å². The first kappa shape index (κ1) is 22.2. The first-order valence-electron chi connectivity index (χ1n) is 10.6. The smallest absolute Gasteiger partial charge is 0.270 e. The van der Waals surface area contributed by atoms with Gasteiger partial charge in [-0.2, -0.15) is 10.4 Å². The number of hydrazone groups is 1. The minimum absolute atomic E-state index is 0.0527. The van der Waals surface area contributed by atoms with Gasteiger partial charge in [0, 0.05) is 11.1 Å². The van der Waals surface area contributed by atoms with Crippen molar-refractivity contribution in [2.75, 3.05) is 12.0 Å². The van der Waals surface area contributed by atoms with Gasteiger partial charge < -0.3 is 4.74 Å². The molecule has 4 aromatic rings. The number of nitrogens with zero attached hydrogens (tertiary/aromatic N) is 3. The Kier molecular flexibility index (Phi) is 7.24. The quantitative estimate of drug-likeness (QED) is 0.297. The van der Waals surface area contributed by atoms with Crippen LogP contribution in [0.2, 0.25) is 0 Å². The van der Waals surface area contributed by atoms with E-state index in [4.69, 9.17) is 4.74 Å². The van der Waals surface area contributed by atoms with Crippen molar-refractivity contribution in [1.82, 2.24) is 9.97 Å². The Morgan fingerprint density at radius 3 is 2.47 bits per heavy atom. The third kappa shape index (κ3) is 5.64. The second kappa shape index (κ2) is 11.1. The normalized spacial score (nSPS) is 10.9. The molecule has 0 aliphatic heterocycles. The van der Waals surface area contributed by atoms with Gasteiger partial charge in [-0.1, -0.05) is 78.9 Å². The molecular weight excluding hydrogens is 426 g/mol. The van der Waals surface area contributed by atoms with E-state index in [0.717, 1.165) is 11.1 Å². The second-order valence-electron chi connectivity index (χ2n) is 7.15. The summed E-state index contributed by atoms with van der Waals surface area (Å²) in [6.07, 6.45) is 5.52. The molecule has 7 nitrogen and oxygen atoms in total. The molecule has 0 spiro atoms. The lowest BCUT2D eigenvalue weighted by atomic mass is 10.1. The van der Waals surface area contributed by atoms with Crippen LogP contribution in [0.4, 0.5) is 5.95 Å². The van der Waals surface area contributed by atoms with Crippen molar-refractivity contribution >= 4 is 18.2 Å². The second-order valence-corrected chi connectivity index (χ2v) is 7.15. The molecule has 2 N–H and O–H groups in total. The summed E-state index contributed by atoms with van der Waals surface area (Å²) in [5.74, 6) is 0.792. The van der Waals surface area contributed by atoms with E-state index in [2.05, 4.69) is 20.5 Å². The maximum absolute atomic E-state index is 12.4. The standard InChI is InChI=1S/C27H21N5O2/c28-18-23-25(21-13-5-2-6-14-21)30-27(31-26(23)33)32-29-19-22-15-7-8-16-24(22)34-17-9-12-20-10-3-1-4-11-20/h1-16,19H,17H2,(H2,30,31,32,33). The Labute approximate surface area is 196 Å². The summed E-state index contributed by atoms with van der Waals surface area (Å²) in [7, 11) is 0. The summed E-state index contributed by atoms with van der Waals surface area (Å²) in [6.45, 7) is 0.401. The summed E-state index contributed by atoms with van der Waals surface area (Å²) >= 11 is 0. The number of ether oxygens (including phenoxy) is 1. The molecular formula is C27H21N5O2. The van der Waals surface area contributed by atoms with Crippen LogP contribution in [0, 0.1) is 11.3 Å². The van der Waals surface area contributed by atoms with E-state index in [0.29, 0.717) is 23.6 Å². The highest BCUT2D eigenvalue weighted by atomic mass is 16.5. The van der Waals surface area contributed by atoms with Crippen molar-refractivity contribution in [2.45, 2.75) is 0 Å². The lowest BCUT2D eigenvalue weighted by Gasteiger charge is -2.07. The average molecular weight is 447 g/mol. The number of hydrogen-bond donors (Lipinski definition) is 2. The van der Waals surface area contributed by atoms with E-state index in [1.807, 2.05) is 91.0 Å². The van der Waals surface area contributed by atoms with E-state index in [1.165, 1.54) is 0 Å². The number of aromatic nitrogens is 2. The predicted octanol–water partition coefficient (Wildman–Crippen LogP) is 4.85. The van der Waals surface area contributed by atoms with Gasteiger partial charge in [0.05, 0.1) is 11.9 Å². The summed E-state index contributed by atoms with van der Waals surface area (Å²) in [5.41, 5.74) is 4.95. The highest BCUT2D eigenvalue weighted by Crippen LogP contribution is 2.20. The minimum Gasteiger partial charge on any atom is -0.489 e. The Morgan fingerprint density at radius 1 is 1.00 bits per heavy atom. The number of rotatable bonds is 8. The summed E-state index contributed by atoms with van der Waals surface area (Å²) in [4.78, 5) is 19.3. The molecule has 0 unspecified atom stereocenters. The zero-order valence-electron chi connectivity index (χ0n) is 18.2. The third-order valence-electron chi connectivity index (χ3n) is 4.82. The lowest BCUT2D eigenvalue weighted by molar-refractivity contribution is 0.363. The number of nitriles is 1. The van der Waals surface area contributed by atoms with E-state index < -0.39 is 5.56 Å². The molecule has 0 radical (unpaired) electrons. The zero-order chi connectivity index (χ0) is 23.6. The number of hydrogen-bond acceptors (Lipinski definition) is 6. The fourth-order valence-corrected chi connectivity index (χ4v) is 3.20. The summed E-state index contributed by atoms with van der Waals surface area (Å²) < 4.78 is 5.87. The van der Waals surface area contributed by atoms with E-state index >= 15 is 0 Å². The van der Waals surface area contributed by atoms with Gasteiger partial charge in [-0.25, -0.2) is 10.4 Å². The highest BCUT2D eigenvalue weighted by molar-refractivity contribution is 5.83. The van der Waals surface area contributed by atoms with E-state index in [-0.39, 0.29) is 11.5 Å². The van der Waals surface area contributed by atoms with Crippen LogP contribution in [0.15, 0.2) is 101 Å². The fraction of sp³-hybridized carbons (Fsp3) is 0.0370. The molecule has 1 heterocycles. The topological polar surface area (TPSA) is 103 Å². The van der Waals surface area contributed by atoms with E-state index in [9.17, 15) is 10.1 Å². The maximum Gasteiger partial charge on any atom is 0.270 e. The number of benzene rings is 3. The third-order valence-corrected chi connectivity index (χ3v) is 4.82. The first-order chi connectivity index (χ1) is 16.7.